The smallest absolute Gasteiger partial charge is 0.313 e. The van der Waals surface area contributed by atoms with Crippen molar-refractivity contribution in [3.05, 3.63) is 58.6 Å². The van der Waals surface area contributed by atoms with Gasteiger partial charge in [-0.3, -0.25) is 14.5 Å². The largest absolute Gasteiger partial charge is 0.379 e. The van der Waals surface area contributed by atoms with Crippen LogP contribution in [0.3, 0.4) is 0 Å². The Balaban J connectivity index is 1.68. The number of morpholine rings is 1. The van der Waals surface area contributed by atoms with Gasteiger partial charge in [0.2, 0.25) is 0 Å². The van der Waals surface area contributed by atoms with Gasteiger partial charge >= 0.3 is 11.8 Å². The topological polar surface area (TPSA) is 73.9 Å². The Hall–Kier alpha value is -2.61. The third kappa shape index (κ3) is 5.97. The summed E-state index contributed by atoms with van der Waals surface area (Å²) in [5, 5.41) is 5.97. The highest BCUT2D eigenvalue weighted by Crippen LogP contribution is 2.24. The highest BCUT2D eigenvalue weighted by atomic mass is 35.5. The van der Waals surface area contributed by atoms with Crippen molar-refractivity contribution in [3.8, 4) is 0 Å². The monoisotopic (exact) mass is 444 g/mol. The Morgan fingerprint density at radius 1 is 1.10 bits per heavy atom. The van der Waals surface area contributed by atoms with Gasteiger partial charge in [0.25, 0.3) is 0 Å². The van der Waals surface area contributed by atoms with Crippen molar-refractivity contribution >= 4 is 34.8 Å². The third-order valence-corrected chi connectivity index (χ3v) is 5.87. The summed E-state index contributed by atoms with van der Waals surface area (Å²) in [5.41, 5.74) is 3.43. The van der Waals surface area contributed by atoms with Crippen LogP contribution in [0.4, 0.5) is 11.4 Å². The van der Waals surface area contributed by atoms with E-state index < -0.39 is 11.8 Å². The van der Waals surface area contributed by atoms with E-state index >= 15 is 0 Å². The summed E-state index contributed by atoms with van der Waals surface area (Å²) in [6.45, 7) is 4.95. The molecular weight excluding hydrogens is 416 g/mol. The second-order valence-corrected chi connectivity index (χ2v) is 8.13. The van der Waals surface area contributed by atoms with Crippen LogP contribution in [0.15, 0.2) is 42.5 Å². The van der Waals surface area contributed by atoms with E-state index in [0.717, 1.165) is 29.9 Å². The fourth-order valence-corrected chi connectivity index (χ4v) is 3.71. The first kappa shape index (κ1) is 23.1. The Bertz CT molecular complexity index is 912. The van der Waals surface area contributed by atoms with Crippen LogP contribution in [-0.2, 0) is 14.3 Å². The summed E-state index contributed by atoms with van der Waals surface area (Å²) < 4.78 is 5.48. The maximum absolute atomic E-state index is 12.5. The van der Waals surface area contributed by atoms with Gasteiger partial charge in [0.1, 0.15) is 0 Å². The van der Waals surface area contributed by atoms with E-state index in [2.05, 4.69) is 39.8 Å². The molecule has 8 heteroatoms. The number of hydrogen-bond donors (Lipinski definition) is 2. The fraction of sp³-hybridized carbons (Fsp3) is 0.391. The summed E-state index contributed by atoms with van der Waals surface area (Å²) in [6.07, 6.45) is 0. The lowest BCUT2D eigenvalue weighted by atomic mass is 10.0. The van der Waals surface area contributed by atoms with E-state index in [1.165, 1.54) is 0 Å². The average molecular weight is 445 g/mol. The number of anilines is 2. The third-order valence-electron chi connectivity index (χ3n) is 5.46. The minimum Gasteiger partial charge on any atom is -0.379 e. The minimum absolute atomic E-state index is 0.0511. The molecule has 1 aliphatic rings. The standard InChI is InChI=1S/C23H29ClN4O3/c1-16-19(24)5-4-6-20(16)26-23(30)22(29)25-15-21(28-11-13-31-14-12-28)17-7-9-18(10-8-17)27(2)3/h4-10,21H,11-15H2,1-3H3,(H,25,29)(H,26,30)/t21-/m0/s1. The maximum Gasteiger partial charge on any atom is 0.313 e. The van der Waals surface area contributed by atoms with E-state index in [-0.39, 0.29) is 6.04 Å². The highest BCUT2D eigenvalue weighted by Gasteiger charge is 2.25. The van der Waals surface area contributed by atoms with Crippen LogP contribution in [0.5, 0.6) is 0 Å². The van der Waals surface area contributed by atoms with Crippen LogP contribution in [0, 0.1) is 6.92 Å². The predicted octanol–water partition coefficient (Wildman–Crippen LogP) is 2.84. The predicted molar refractivity (Wildman–Crippen MR) is 124 cm³/mol. The van der Waals surface area contributed by atoms with Gasteiger partial charge in [-0.15, -0.1) is 0 Å². The summed E-state index contributed by atoms with van der Waals surface area (Å²) in [4.78, 5) is 29.2. The molecule has 2 aromatic carbocycles. The van der Waals surface area contributed by atoms with Crippen molar-refractivity contribution in [1.29, 1.82) is 0 Å². The van der Waals surface area contributed by atoms with Gasteiger partial charge in [-0.25, -0.2) is 0 Å². The van der Waals surface area contributed by atoms with E-state index in [9.17, 15) is 9.59 Å². The van der Waals surface area contributed by atoms with Crippen molar-refractivity contribution in [2.24, 2.45) is 0 Å². The van der Waals surface area contributed by atoms with E-state index in [4.69, 9.17) is 16.3 Å². The van der Waals surface area contributed by atoms with E-state index in [1.54, 1.807) is 25.1 Å². The molecule has 2 amide bonds. The molecule has 1 aliphatic heterocycles. The zero-order valence-electron chi connectivity index (χ0n) is 18.2. The number of halogens is 1. The molecule has 7 nitrogen and oxygen atoms in total. The maximum atomic E-state index is 12.5. The molecule has 2 aromatic rings. The second kappa shape index (κ2) is 10.6. The van der Waals surface area contributed by atoms with Crippen LogP contribution < -0.4 is 15.5 Å². The van der Waals surface area contributed by atoms with Crippen LogP contribution in [-0.4, -0.2) is 63.7 Å². The first-order chi connectivity index (χ1) is 14.9. The number of hydrogen-bond acceptors (Lipinski definition) is 5. The molecule has 0 bridgehead atoms. The van der Waals surface area contributed by atoms with Crippen LogP contribution >= 0.6 is 11.6 Å². The number of carbonyl (C=O) groups excluding carboxylic acids is 2. The van der Waals surface area contributed by atoms with Crippen molar-refractivity contribution < 1.29 is 14.3 Å². The summed E-state index contributed by atoms with van der Waals surface area (Å²) in [6, 6.07) is 13.4. The van der Waals surface area contributed by atoms with Crippen molar-refractivity contribution in [2.75, 3.05) is 57.2 Å². The number of ether oxygens (including phenoxy) is 1. The molecule has 166 valence electrons. The molecule has 1 heterocycles. The van der Waals surface area contributed by atoms with Gasteiger partial charge in [0, 0.05) is 50.1 Å². The molecule has 31 heavy (non-hydrogen) atoms. The van der Waals surface area contributed by atoms with Crippen LogP contribution in [0.2, 0.25) is 5.02 Å². The molecule has 0 saturated carbocycles. The number of benzene rings is 2. The number of nitrogens with one attached hydrogen (secondary N) is 2. The zero-order valence-corrected chi connectivity index (χ0v) is 18.9. The van der Waals surface area contributed by atoms with Gasteiger partial charge in [-0.05, 0) is 42.3 Å². The van der Waals surface area contributed by atoms with Crippen molar-refractivity contribution in [3.63, 3.8) is 0 Å². The number of nitrogens with zero attached hydrogens (tertiary/aromatic N) is 2. The second-order valence-electron chi connectivity index (χ2n) is 7.73. The Labute approximate surface area is 188 Å². The van der Waals surface area contributed by atoms with E-state index in [1.807, 2.05) is 19.0 Å². The van der Waals surface area contributed by atoms with Crippen LogP contribution in [0.25, 0.3) is 0 Å². The number of rotatable bonds is 6. The Morgan fingerprint density at radius 2 is 1.77 bits per heavy atom. The SMILES string of the molecule is Cc1c(Cl)cccc1NC(=O)C(=O)NC[C@@H](c1ccc(N(C)C)cc1)N1CCOCC1. The van der Waals surface area contributed by atoms with Gasteiger partial charge in [-0.1, -0.05) is 29.8 Å². The molecule has 0 radical (unpaired) electrons. The molecule has 2 N–H and O–H groups in total. The van der Waals surface area contributed by atoms with E-state index in [0.29, 0.717) is 30.5 Å². The highest BCUT2D eigenvalue weighted by molar-refractivity contribution is 6.40. The quantitative estimate of drug-likeness (QED) is 0.670. The minimum atomic E-state index is -0.714. The molecule has 0 spiro atoms. The fourth-order valence-electron chi connectivity index (χ4n) is 3.53. The lowest BCUT2D eigenvalue weighted by Gasteiger charge is -2.35. The summed E-state index contributed by atoms with van der Waals surface area (Å²) in [7, 11) is 3.99. The van der Waals surface area contributed by atoms with Gasteiger partial charge < -0.3 is 20.3 Å². The summed E-state index contributed by atoms with van der Waals surface area (Å²) >= 11 is 6.09. The van der Waals surface area contributed by atoms with Crippen molar-refractivity contribution in [2.45, 2.75) is 13.0 Å². The number of amides is 2. The molecule has 1 saturated heterocycles. The molecule has 1 fully saturated rings. The zero-order chi connectivity index (χ0) is 22.4. The van der Waals surface area contributed by atoms with Gasteiger partial charge in [-0.2, -0.15) is 0 Å². The first-order valence-corrected chi connectivity index (χ1v) is 10.7. The molecule has 1 atom stereocenters. The number of carbonyl (C=O) groups is 2. The molecule has 3 rings (SSSR count). The Morgan fingerprint density at radius 3 is 2.42 bits per heavy atom. The summed E-state index contributed by atoms with van der Waals surface area (Å²) in [5.74, 6) is -1.39. The lowest BCUT2D eigenvalue weighted by Crippen LogP contribution is -2.45. The van der Waals surface area contributed by atoms with Gasteiger partial charge in [0.15, 0.2) is 0 Å². The van der Waals surface area contributed by atoms with Crippen LogP contribution in [0.1, 0.15) is 17.2 Å². The first-order valence-electron chi connectivity index (χ1n) is 10.3. The molecule has 0 aliphatic carbocycles. The normalized spacial score (nSPS) is 15.2. The lowest BCUT2D eigenvalue weighted by molar-refractivity contribution is -0.136. The average Bonchev–Trinajstić information content (AvgIpc) is 2.78. The molecule has 0 aromatic heterocycles. The van der Waals surface area contributed by atoms with Gasteiger partial charge in [0.05, 0.1) is 19.3 Å². The molecular formula is C23H29ClN4O3. The van der Waals surface area contributed by atoms with Crippen molar-refractivity contribution in [1.82, 2.24) is 10.2 Å². The Kier molecular flexibility index (Phi) is 7.90. The molecule has 0 unspecified atom stereocenters.